The minimum atomic E-state index is -0.474. The topological polar surface area (TPSA) is 117 Å². The Balaban J connectivity index is 1.25. The number of fused-ring (bicyclic) bond motifs is 1. The SMILES string of the molecule is Cc1nc(OCc2cn(CCNc3ccnc4cc(Cl)ccc34)nn2)nc(-c2ccccc2)c1C(=O)OC(C)C. The van der Waals surface area contributed by atoms with E-state index in [0.29, 0.717) is 40.8 Å². The van der Waals surface area contributed by atoms with E-state index in [1.54, 1.807) is 31.6 Å². The lowest BCUT2D eigenvalue weighted by atomic mass is 10.0. The van der Waals surface area contributed by atoms with Gasteiger partial charge in [-0.2, -0.15) is 9.97 Å². The third-order valence-corrected chi connectivity index (χ3v) is 6.19. The van der Waals surface area contributed by atoms with Crippen LogP contribution in [-0.2, 0) is 17.9 Å². The number of rotatable bonds is 10. The Morgan fingerprint density at radius 3 is 2.73 bits per heavy atom. The number of esters is 1. The summed E-state index contributed by atoms with van der Waals surface area (Å²) in [7, 11) is 0. The molecule has 0 saturated carbocycles. The standard InChI is InChI=1S/C29H28ClN7O3/c1-18(2)40-28(38)26-19(3)33-29(34-27(26)20-7-5-4-6-8-20)39-17-22-16-37(36-35-22)14-13-32-24-11-12-31-25-15-21(30)9-10-23(24)25/h4-12,15-16,18H,13-14,17H2,1-3H3,(H,31,32). The van der Waals surface area contributed by atoms with Gasteiger partial charge >= 0.3 is 12.0 Å². The van der Waals surface area contributed by atoms with Gasteiger partial charge in [-0.25, -0.2) is 4.79 Å². The van der Waals surface area contributed by atoms with Gasteiger partial charge < -0.3 is 14.8 Å². The van der Waals surface area contributed by atoms with E-state index in [4.69, 9.17) is 21.1 Å². The van der Waals surface area contributed by atoms with E-state index in [1.807, 2.05) is 60.8 Å². The predicted octanol–water partition coefficient (Wildman–Crippen LogP) is 5.50. The summed E-state index contributed by atoms with van der Waals surface area (Å²) in [6.45, 7) is 6.67. The average Bonchev–Trinajstić information content (AvgIpc) is 3.39. The van der Waals surface area contributed by atoms with Gasteiger partial charge in [0.25, 0.3) is 0 Å². The summed E-state index contributed by atoms with van der Waals surface area (Å²) in [5.74, 6) is -0.474. The summed E-state index contributed by atoms with van der Waals surface area (Å²) >= 11 is 6.09. The molecule has 0 saturated heterocycles. The smallest absolute Gasteiger partial charge is 0.342 e. The van der Waals surface area contributed by atoms with Gasteiger partial charge in [-0.3, -0.25) is 9.67 Å². The zero-order chi connectivity index (χ0) is 28.1. The molecule has 3 heterocycles. The molecule has 40 heavy (non-hydrogen) atoms. The fourth-order valence-electron chi connectivity index (χ4n) is 4.17. The van der Waals surface area contributed by atoms with Crippen LogP contribution in [0.25, 0.3) is 22.2 Å². The van der Waals surface area contributed by atoms with Crippen molar-refractivity contribution in [3.63, 3.8) is 0 Å². The number of carbonyl (C=O) groups excluding carboxylic acids is 1. The average molecular weight is 558 g/mol. The normalized spacial score (nSPS) is 11.1. The van der Waals surface area contributed by atoms with E-state index in [2.05, 4.69) is 30.6 Å². The minimum absolute atomic E-state index is 0.118. The molecule has 0 bridgehead atoms. The summed E-state index contributed by atoms with van der Waals surface area (Å²) in [6, 6.07) is 17.1. The molecule has 5 rings (SSSR count). The molecule has 0 radical (unpaired) electrons. The lowest BCUT2D eigenvalue weighted by molar-refractivity contribution is 0.0376. The van der Waals surface area contributed by atoms with Crippen LogP contribution >= 0.6 is 11.6 Å². The third kappa shape index (κ3) is 6.35. The number of hydrogen-bond acceptors (Lipinski definition) is 9. The van der Waals surface area contributed by atoms with Crippen molar-refractivity contribution in [2.75, 3.05) is 11.9 Å². The predicted molar refractivity (Wildman–Crippen MR) is 152 cm³/mol. The van der Waals surface area contributed by atoms with E-state index in [0.717, 1.165) is 22.2 Å². The number of hydrogen-bond donors (Lipinski definition) is 1. The highest BCUT2D eigenvalue weighted by Gasteiger charge is 2.23. The summed E-state index contributed by atoms with van der Waals surface area (Å²) in [4.78, 5) is 26.2. The summed E-state index contributed by atoms with van der Waals surface area (Å²) < 4.78 is 13.0. The molecule has 0 atom stereocenters. The fraction of sp³-hybridized carbons (Fsp3) is 0.241. The lowest BCUT2D eigenvalue weighted by Crippen LogP contribution is -2.16. The molecule has 0 spiro atoms. The van der Waals surface area contributed by atoms with Gasteiger partial charge in [0.1, 0.15) is 17.9 Å². The summed E-state index contributed by atoms with van der Waals surface area (Å²) in [5.41, 5.74) is 4.41. The van der Waals surface area contributed by atoms with E-state index in [9.17, 15) is 4.79 Å². The van der Waals surface area contributed by atoms with Crippen LogP contribution in [0.1, 0.15) is 35.6 Å². The second kappa shape index (κ2) is 12.1. The monoisotopic (exact) mass is 557 g/mol. The van der Waals surface area contributed by atoms with Crippen molar-refractivity contribution < 1.29 is 14.3 Å². The number of anilines is 1. The van der Waals surface area contributed by atoms with Crippen LogP contribution in [0.5, 0.6) is 6.01 Å². The van der Waals surface area contributed by atoms with Gasteiger partial charge in [0.2, 0.25) is 0 Å². The molecule has 0 aliphatic rings. The van der Waals surface area contributed by atoms with Crippen molar-refractivity contribution in [1.82, 2.24) is 29.9 Å². The largest absolute Gasteiger partial charge is 0.459 e. The van der Waals surface area contributed by atoms with Crippen molar-refractivity contribution in [3.8, 4) is 17.3 Å². The maximum atomic E-state index is 12.8. The summed E-state index contributed by atoms with van der Waals surface area (Å²) in [5, 5.41) is 13.5. The van der Waals surface area contributed by atoms with Crippen molar-refractivity contribution in [2.45, 2.75) is 40.0 Å². The zero-order valence-corrected chi connectivity index (χ0v) is 23.1. The van der Waals surface area contributed by atoms with Crippen LogP contribution in [0.3, 0.4) is 0 Å². The highest BCUT2D eigenvalue weighted by atomic mass is 35.5. The highest BCUT2D eigenvalue weighted by Crippen LogP contribution is 2.27. The number of nitrogens with zero attached hydrogens (tertiary/aromatic N) is 6. The molecule has 204 valence electrons. The Bertz CT molecular complexity index is 1640. The lowest BCUT2D eigenvalue weighted by Gasteiger charge is -2.14. The van der Waals surface area contributed by atoms with Crippen molar-refractivity contribution in [2.24, 2.45) is 0 Å². The molecule has 1 N–H and O–H groups in total. The van der Waals surface area contributed by atoms with Crippen molar-refractivity contribution >= 4 is 34.2 Å². The van der Waals surface area contributed by atoms with Crippen LogP contribution < -0.4 is 10.1 Å². The summed E-state index contributed by atoms with van der Waals surface area (Å²) in [6.07, 6.45) is 3.29. The Hall–Kier alpha value is -4.57. The maximum Gasteiger partial charge on any atom is 0.342 e. The highest BCUT2D eigenvalue weighted by molar-refractivity contribution is 6.31. The third-order valence-electron chi connectivity index (χ3n) is 5.96. The van der Waals surface area contributed by atoms with Crippen LogP contribution in [0.15, 0.2) is 67.0 Å². The molecule has 2 aromatic carbocycles. The minimum Gasteiger partial charge on any atom is -0.459 e. The van der Waals surface area contributed by atoms with Crippen LogP contribution in [-0.4, -0.2) is 48.6 Å². The van der Waals surface area contributed by atoms with Gasteiger partial charge in [0, 0.05) is 34.4 Å². The van der Waals surface area contributed by atoms with E-state index >= 15 is 0 Å². The van der Waals surface area contributed by atoms with Gasteiger partial charge in [-0.05, 0) is 45.0 Å². The van der Waals surface area contributed by atoms with Gasteiger partial charge in [-0.15, -0.1) is 5.10 Å². The quantitative estimate of drug-likeness (QED) is 0.222. The molecular formula is C29H28ClN7O3. The first-order chi connectivity index (χ1) is 19.4. The number of pyridine rings is 1. The number of aromatic nitrogens is 6. The van der Waals surface area contributed by atoms with Gasteiger partial charge in [-0.1, -0.05) is 47.1 Å². The van der Waals surface area contributed by atoms with Crippen molar-refractivity contribution in [1.29, 1.82) is 0 Å². The Morgan fingerprint density at radius 1 is 1.10 bits per heavy atom. The van der Waals surface area contributed by atoms with Crippen molar-refractivity contribution in [3.05, 3.63) is 89.0 Å². The van der Waals surface area contributed by atoms with Gasteiger partial charge in [0.15, 0.2) is 0 Å². The molecule has 0 fully saturated rings. The van der Waals surface area contributed by atoms with E-state index < -0.39 is 5.97 Å². The molecule has 3 aromatic heterocycles. The number of aryl methyl sites for hydroxylation is 1. The Kier molecular flexibility index (Phi) is 8.16. The molecule has 0 unspecified atom stereocenters. The molecule has 10 nitrogen and oxygen atoms in total. The van der Waals surface area contributed by atoms with Crippen LogP contribution in [0.4, 0.5) is 5.69 Å². The molecule has 0 aliphatic carbocycles. The number of benzene rings is 2. The number of ether oxygens (including phenoxy) is 2. The Morgan fingerprint density at radius 2 is 1.93 bits per heavy atom. The second-order valence-electron chi connectivity index (χ2n) is 9.34. The number of carbonyl (C=O) groups is 1. The van der Waals surface area contributed by atoms with Crippen LogP contribution in [0.2, 0.25) is 5.02 Å². The molecule has 0 aliphatic heterocycles. The van der Waals surface area contributed by atoms with E-state index in [1.165, 1.54) is 0 Å². The first kappa shape index (κ1) is 27.0. The molecule has 0 amide bonds. The Labute approximate surface area is 236 Å². The molecular weight excluding hydrogens is 530 g/mol. The first-order valence-corrected chi connectivity index (χ1v) is 13.2. The fourth-order valence-corrected chi connectivity index (χ4v) is 4.33. The molecule has 5 aromatic rings. The number of nitrogens with one attached hydrogen (secondary N) is 1. The van der Waals surface area contributed by atoms with E-state index in [-0.39, 0.29) is 18.7 Å². The second-order valence-corrected chi connectivity index (χ2v) is 9.78. The van der Waals surface area contributed by atoms with Gasteiger partial charge in [0.05, 0.1) is 35.8 Å². The maximum absolute atomic E-state index is 12.8. The number of halogens is 1. The first-order valence-electron chi connectivity index (χ1n) is 12.8. The van der Waals surface area contributed by atoms with Crippen LogP contribution in [0, 0.1) is 6.92 Å². The zero-order valence-electron chi connectivity index (χ0n) is 22.3. The molecule has 11 heteroatoms.